The molecule has 1 saturated carbocycles. The van der Waals surface area contributed by atoms with Gasteiger partial charge < -0.3 is 15.3 Å². The summed E-state index contributed by atoms with van der Waals surface area (Å²) in [6.45, 7) is 2.51. The maximum Gasteiger partial charge on any atom is 0.0721 e. The first kappa shape index (κ1) is 23.7. The van der Waals surface area contributed by atoms with Crippen molar-refractivity contribution in [3.8, 4) is 0 Å². The SMILES string of the molecule is CCCCCCCC(O)/C=C/C1(CCCCCCCO)CCCCC1O. The molecule has 0 radical (unpaired) electrons. The molecule has 0 aromatic rings. The molecule has 1 aliphatic carbocycles. The molecule has 0 aromatic heterocycles. The molecule has 26 heavy (non-hydrogen) atoms. The molecular formula is C23H44O3. The summed E-state index contributed by atoms with van der Waals surface area (Å²) in [6.07, 6.45) is 21.2. The van der Waals surface area contributed by atoms with E-state index in [1.54, 1.807) is 0 Å². The van der Waals surface area contributed by atoms with Gasteiger partial charge >= 0.3 is 0 Å². The highest BCUT2D eigenvalue weighted by molar-refractivity contribution is 5.07. The van der Waals surface area contributed by atoms with Crippen LogP contribution in [0.15, 0.2) is 12.2 Å². The van der Waals surface area contributed by atoms with Crippen molar-refractivity contribution in [1.29, 1.82) is 0 Å². The highest BCUT2D eigenvalue weighted by Gasteiger charge is 2.37. The van der Waals surface area contributed by atoms with Crippen LogP contribution in [-0.2, 0) is 0 Å². The predicted octanol–water partition coefficient (Wildman–Crippen LogP) is 5.52. The highest BCUT2D eigenvalue weighted by atomic mass is 16.3. The molecule has 1 aliphatic rings. The number of rotatable bonds is 15. The van der Waals surface area contributed by atoms with E-state index >= 15 is 0 Å². The minimum Gasteiger partial charge on any atom is -0.396 e. The Morgan fingerprint density at radius 1 is 0.962 bits per heavy atom. The van der Waals surface area contributed by atoms with Crippen molar-refractivity contribution >= 4 is 0 Å². The maximum absolute atomic E-state index is 10.7. The molecule has 3 atom stereocenters. The van der Waals surface area contributed by atoms with Crippen LogP contribution in [0.3, 0.4) is 0 Å². The van der Waals surface area contributed by atoms with Gasteiger partial charge in [-0.05, 0) is 32.1 Å². The van der Waals surface area contributed by atoms with Crippen molar-refractivity contribution in [1.82, 2.24) is 0 Å². The average Bonchev–Trinajstić information content (AvgIpc) is 2.65. The van der Waals surface area contributed by atoms with Crippen LogP contribution in [0, 0.1) is 5.41 Å². The minimum absolute atomic E-state index is 0.127. The van der Waals surface area contributed by atoms with Gasteiger partial charge in [0.2, 0.25) is 0 Å². The summed E-state index contributed by atoms with van der Waals surface area (Å²) in [7, 11) is 0. The van der Waals surface area contributed by atoms with Crippen LogP contribution in [0.2, 0.25) is 0 Å². The second-order valence-corrected chi connectivity index (χ2v) is 8.37. The molecule has 1 fully saturated rings. The largest absolute Gasteiger partial charge is 0.396 e. The smallest absolute Gasteiger partial charge is 0.0721 e. The Balaban J connectivity index is 2.43. The van der Waals surface area contributed by atoms with Gasteiger partial charge in [-0.3, -0.25) is 0 Å². The van der Waals surface area contributed by atoms with Crippen LogP contribution in [0.5, 0.6) is 0 Å². The van der Waals surface area contributed by atoms with Gasteiger partial charge in [-0.1, -0.05) is 89.7 Å². The standard InChI is InChI=1S/C23H44O3/c1-2-3-4-6-9-14-21(25)16-19-23(18-12-10-15-22(23)26)17-11-7-5-8-13-20-24/h16,19,21-22,24-26H,2-15,17-18,20H2,1H3/b19-16+. The minimum atomic E-state index is -0.368. The van der Waals surface area contributed by atoms with Gasteiger partial charge in [-0.15, -0.1) is 0 Å². The molecule has 0 spiro atoms. The fraction of sp³-hybridized carbons (Fsp3) is 0.913. The van der Waals surface area contributed by atoms with Crippen molar-refractivity contribution in [2.75, 3.05) is 6.61 Å². The van der Waals surface area contributed by atoms with Crippen molar-refractivity contribution < 1.29 is 15.3 Å². The number of hydrogen-bond donors (Lipinski definition) is 3. The van der Waals surface area contributed by atoms with E-state index in [1.807, 2.05) is 6.08 Å². The van der Waals surface area contributed by atoms with E-state index in [2.05, 4.69) is 13.0 Å². The Kier molecular flexibility index (Phi) is 13.3. The summed E-state index contributed by atoms with van der Waals surface area (Å²) < 4.78 is 0. The Morgan fingerprint density at radius 2 is 1.65 bits per heavy atom. The summed E-state index contributed by atoms with van der Waals surface area (Å²) in [5.74, 6) is 0. The van der Waals surface area contributed by atoms with Crippen LogP contribution >= 0.6 is 0 Å². The molecule has 0 aliphatic heterocycles. The van der Waals surface area contributed by atoms with Gasteiger partial charge in [0.05, 0.1) is 12.2 Å². The Morgan fingerprint density at radius 3 is 2.38 bits per heavy atom. The molecule has 0 heterocycles. The monoisotopic (exact) mass is 368 g/mol. The van der Waals surface area contributed by atoms with Crippen molar-refractivity contribution in [2.24, 2.45) is 5.41 Å². The molecule has 3 unspecified atom stereocenters. The number of unbranched alkanes of at least 4 members (excludes halogenated alkanes) is 8. The van der Waals surface area contributed by atoms with E-state index in [-0.39, 0.29) is 17.6 Å². The van der Waals surface area contributed by atoms with Gasteiger partial charge in [-0.2, -0.15) is 0 Å². The van der Waals surface area contributed by atoms with E-state index < -0.39 is 0 Å². The molecule has 3 nitrogen and oxygen atoms in total. The summed E-state index contributed by atoms with van der Waals surface area (Å²) in [5.41, 5.74) is -0.127. The fourth-order valence-electron chi connectivity index (χ4n) is 4.27. The predicted molar refractivity (Wildman–Crippen MR) is 110 cm³/mol. The van der Waals surface area contributed by atoms with E-state index in [0.717, 1.165) is 64.2 Å². The highest BCUT2D eigenvalue weighted by Crippen LogP contribution is 2.42. The quantitative estimate of drug-likeness (QED) is 0.263. The summed E-state index contributed by atoms with van der Waals surface area (Å²) in [6, 6.07) is 0. The fourth-order valence-corrected chi connectivity index (χ4v) is 4.27. The van der Waals surface area contributed by atoms with E-state index in [0.29, 0.717) is 6.61 Å². The molecule has 154 valence electrons. The second-order valence-electron chi connectivity index (χ2n) is 8.37. The third-order valence-corrected chi connectivity index (χ3v) is 6.09. The van der Waals surface area contributed by atoms with Gasteiger partial charge in [0.25, 0.3) is 0 Å². The van der Waals surface area contributed by atoms with Crippen LogP contribution < -0.4 is 0 Å². The van der Waals surface area contributed by atoms with Crippen molar-refractivity contribution in [3.63, 3.8) is 0 Å². The molecule has 0 bridgehead atoms. The summed E-state index contributed by atoms with van der Waals surface area (Å²) in [5, 5.41) is 29.9. The third-order valence-electron chi connectivity index (χ3n) is 6.09. The lowest BCUT2D eigenvalue weighted by molar-refractivity contribution is 0.0130. The first-order chi connectivity index (χ1) is 12.6. The molecule has 3 heteroatoms. The molecule has 3 N–H and O–H groups in total. The van der Waals surface area contributed by atoms with Gasteiger partial charge in [0.15, 0.2) is 0 Å². The Hall–Kier alpha value is -0.380. The first-order valence-electron chi connectivity index (χ1n) is 11.3. The Labute approximate surface area is 161 Å². The third kappa shape index (κ3) is 9.53. The van der Waals surface area contributed by atoms with E-state index in [1.165, 1.54) is 38.5 Å². The Bertz CT molecular complexity index is 355. The number of aliphatic hydroxyl groups is 3. The molecular weight excluding hydrogens is 324 g/mol. The molecule has 0 amide bonds. The van der Waals surface area contributed by atoms with Crippen LogP contribution in [-0.4, -0.2) is 34.1 Å². The molecule has 0 aromatic carbocycles. The summed E-state index contributed by atoms with van der Waals surface area (Å²) >= 11 is 0. The summed E-state index contributed by atoms with van der Waals surface area (Å²) in [4.78, 5) is 0. The topological polar surface area (TPSA) is 60.7 Å². The average molecular weight is 369 g/mol. The van der Waals surface area contributed by atoms with Crippen molar-refractivity contribution in [2.45, 2.75) is 122 Å². The lowest BCUT2D eigenvalue weighted by atomic mass is 9.68. The molecule has 0 saturated heterocycles. The zero-order valence-electron chi connectivity index (χ0n) is 17.2. The van der Waals surface area contributed by atoms with Crippen molar-refractivity contribution in [3.05, 3.63) is 12.2 Å². The van der Waals surface area contributed by atoms with Gasteiger partial charge in [0.1, 0.15) is 0 Å². The number of hydrogen-bond acceptors (Lipinski definition) is 3. The zero-order valence-corrected chi connectivity index (χ0v) is 17.2. The lowest BCUT2D eigenvalue weighted by Gasteiger charge is -2.40. The number of aliphatic hydroxyl groups excluding tert-OH is 3. The first-order valence-corrected chi connectivity index (χ1v) is 11.3. The van der Waals surface area contributed by atoms with Gasteiger partial charge in [0, 0.05) is 12.0 Å². The van der Waals surface area contributed by atoms with Crippen LogP contribution in [0.4, 0.5) is 0 Å². The lowest BCUT2D eigenvalue weighted by Crippen LogP contribution is -2.36. The molecule has 1 rings (SSSR count). The van der Waals surface area contributed by atoms with Crippen LogP contribution in [0.25, 0.3) is 0 Å². The van der Waals surface area contributed by atoms with E-state index in [4.69, 9.17) is 5.11 Å². The van der Waals surface area contributed by atoms with Gasteiger partial charge in [-0.25, -0.2) is 0 Å². The van der Waals surface area contributed by atoms with Crippen LogP contribution in [0.1, 0.15) is 110 Å². The zero-order chi connectivity index (χ0) is 19.1. The second kappa shape index (κ2) is 14.6. The maximum atomic E-state index is 10.7. The normalized spacial score (nSPS) is 25.0. The van der Waals surface area contributed by atoms with E-state index in [9.17, 15) is 10.2 Å².